The van der Waals surface area contributed by atoms with Gasteiger partial charge in [0, 0.05) is 56.4 Å². The molecule has 0 unspecified atom stereocenters. The number of likely N-dealkylation sites (N-methyl/N-ethyl adjacent to an activating group) is 2. The highest BCUT2D eigenvalue weighted by Gasteiger charge is 2.25. The molecule has 0 bridgehead atoms. The first-order valence-corrected chi connectivity index (χ1v) is 29.1. The summed E-state index contributed by atoms with van der Waals surface area (Å²) in [4.78, 5) is 84.4. The van der Waals surface area contributed by atoms with Crippen molar-refractivity contribution in [1.82, 2.24) is 20.4 Å². The highest BCUT2D eigenvalue weighted by molar-refractivity contribution is 6.35. The molecule has 0 spiro atoms. The summed E-state index contributed by atoms with van der Waals surface area (Å²) < 4.78 is 35.2. The zero-order chi connectivity index (χ0) is 68.5. The van der Waals surface area contributed by atoms with E-state index in [-0.39, 0.29) is 61.8 Å². The van der Waals surface area contributed by atoms with E-state index in [1.807, 2.05) is 0 Å². The van der Waals surface area contributed by atoms with Crippen LogP contribution in [0.2, 0.25) is 25.1 Å². The Morgan fingerprint density at radius 3 is 1.12 bits per heavy atom. The first-order chi connectivity index (χ1) is 42.5. The summed E-state index contributed by atoms with van der Waals surface area (Å²) in [6, 6.07) is 12.9. The first kappa shape index (κ1) is 79.8. The lowest BCUT2D eigenvalue weighted by atomic mass is 10.1. The lowest BCUT2D eigenvalue weighted by molar-refractivity contribution is -0.140. The molecule has 0 heterocycles. The van der Waals surface area contributed by atoms with Crippen molar-refractivity contribution in [3.05, 3.63) is 114 Å². The average Bonchev–Trinajstić information content (AvgIpc) is 1.11. The van der Waals surface area contributed by atoms with Gasteiger partial charge in [0.2, 0.25) is 0 Å². The molecule has 0 aromatic heterocycles. The second kappa shape index (κ2) is 41.1. The van der Waals surface area contributed by atoms with Gasteiger partial charge in [-0.3, -0.25) is 14.4 Å². The van der Waals surface area contributed by atoms with E-state index in [0.29, 0.717) is 86.9 Å². The average molecular weight is 1360 g/mol. The van der Waals surface area contributed by atoms with Crippen molar-refractivity contribution in [1.29, 1.82) is 0 Å². The van der Waals surface area contributed by atoms with E-state index < -0.39 is 48.2 Å². The third-order valence-corrected chi connectivity index (χ3v) is 14.1. The van der Waals surface area contributed by atoms with Crippen LogP contribution in [0.4, 0.5) is 28.4 Å². The number of halogens is 5. The van der Waals surface area contributed by atoms with Gasteiger partial charge in [0.15, 0.2) is 0 Å². The van der Waals surface area contributed by atoms with Crippen molar-refractivity contribution in [3.8, 4) is 28.7 Å². The Morgan fingerprint density at radius 2 is 0.789 bits per heavy atom. The summed E-state index contributed by atoms with van der Waals surface area (Å²) in [6.07, 6.45) is -0.641. The van der Waals surface area contributed by atoms with Gasteiger partial charge >= 0.3 is 29.8 Å². The van der Waals surface area contributed by atoms with Crippen molar-refractivity contribution >= 4 is 128 Å². The fourth-order valence-electron chi connectivity index (χ4n) is 7.35. The number of carboxylic acid groups (broad SMARTS) is 3. The van der Waals surface area contributed by atoms with E-state index in [0.717, 1.165) is 32.7 Å². The van der Waals surface area contributed by atoms with Crippen LogP contribution in [-0.2, 0) is 19.1 Å². The number of esters is 2. The Hall–Kier alpha value is -8.24. The third-order valence-electron chi connectivity index (χ3n) is 12.4. The number of carbonyl (C=O) groups is 7. The van der Waals surface area contributed by atoms with Crippen molar-refractivity contribution in [2.75, 3.05) is 123 Å². The molecule has 0 saturated carbocycles. The quantitative estimate of drug-likeness (QED) is 0.0182. The van der Waals surface area contributed by atoms with E-state index in [2.05, 4.69) is 48.1 Å². The lowest BCUT2D eigenvalue weighted by Crippen LogP contribution is -2.41. The number of nitrogens with zero attached hydrogens (tertiary/aromatic N) is 2. The predicted molar refractivity (Wildman–Crippen MR) is 349 cm³/mol. The van der Waals surface area contributed by atoms with Gasteiger partial charge in [0.1, 0.15) is 58.1 Å². The molecule has 26 nitrogen and oxygen atoms in total. The molecule has 15 N–H and O–H groups in total. The van der Waals surface area contributed by atoms with Gasteiger partial charge in [0.25, 0.3) is 11.8 Å². The molecule has 0 saturated heterocycles. The molecule has 5 aromatic rings. The van der Waals surface area contributed by atoms with Crippen LogP contribution in [0, 0.1) is 0 Å². The van der Waals surface area contributed by atoms with E-state index in [1.54, 1.807) is 13.0 Å². The van der Waals surface area contributed by atoms with Crippen LogP contribution < -0.4 is 63.0 Å². The SMILES string of the molecule is CCN(CC)CCNC(=O)c1cc(Cl)c(N)cc1OC.CCN(CC)CCOC(=O)c1cc(Cl)c(N)cc1OC.CCOC(=O)c1cc(Cl)c(N)cc1OC.COc1cc(N)c(Cl)cc1C(=O)N[C@@H](CCC(=O)O)C(=O)O.COc1cc(N)c(Cl)cc1C(=O)O. The Kier molecular flexibility index (Phi) is 36.5. The second-order valence-electron chi connectivity index (χ2n) is 18.1. The molecule has 0 fully saturated rings. The zero-order valence-corrected chi connectivity index (χ0v) is 55.1. The van der Waals surface area contributed by atoms with Crippen molar-refractivity contribution < 1.29 is 82.0 Å². The number of nitrogens with one attached hydrogen (secondary N) is 2. The number of benzene rings is 5. The monoisotopic (exact) mass is 1360 g/mol. The van der Waals surface area contributed by atoms with Crippen molar-refractivity contribution in [2.24, 2.45) is 0 Å². The van der Waals surface area contributed by atoms with Gasteiger partial charge in [-0.15, -0.1) is 0 Å². The lowest BCUT2D eigenvalue weighted by Gasteiger charge is -2.18. The number of aromatic carboxylic acids is 1. The zero-order valence-electron chi connectivity index (χ0n) is 51.4. The predicted octanol–water partition coefficient (Wildman–Crippen LogP) is 9.15. The minimum absolute atomic E-state index is 0.00157. The number of hydrogen-bond acceptors (Lipinski definition) is 21. The smallest absolute Gasteiger partial charge is 0.342 e. The topological polar surface area (TPSA) is 405 Å². The van der Waals surface area contributed by atoms with Gasteiger partial charge in [-0.1, -0.05) is 85.7 Å². The van der Waals surface area contributed by atoms with Crippen LogP contribution in [0.1, 0.15) is 99.3 Å². The molecule has 0 aliphatic carbocycles. The molecule has 496 valence electrons. The number of carbonyl (C=O) groups excluding carboxylic acids is 4. The number of ether oxygens (including phenoxy) is 7. The highest BCUT2D eigenvalue weighted by Crippen LogP contribution is 2.33. The van der Waals surface area contributed by atoms with Crippen LogP contribution in [-0.4, -0.2) is 167 Å². The normalized spacial score (nSPS) is 10.6. The summed E-state index contributed by atoms with van der Waals surface area (Å²) in [5.74, 6) is -4.03. The van der Waals surface area contributed by atoms with E-state index in [4.69, 9.17) is 135 Å². The minimum Gasteiger partial charge on any atom is -0.496 e. The maximum atomic E-state index is 12.1. The van der Waals surface area contributed by atoms with Gasteiger partial charge in [0.05, 0.1) is 107 Å². The number of methoxy groups -OCH3 is 5. The van der Waals surface area contributed by atoms with Crippen LogP contribution in [0.5, 0.6) is 28.7 Å². The van der Waals surface area contributed by atoms with Gasteiger partial charge in [-0.2, -0.15) is 0 Å². The molecule has 1 atom stereocenters. The third kappa shape index (κ3) is 26.1. The van der Waals surface area contributed by atoms with Crippen molar-refractivity contribution in [3.63, 3.8) is 0 Å². The number of nitrogens with two attached hydrogens (primary N) is 5. The molecule has 5 rings (SSSR count). The highest BCUT2D eigenvalue weighted by atomic mass is 35.5. The minimum atomic E-state index is -1.34. The van der Waals surface area contributed by atoms with E-state index in [9.17, 15) is 33.6 Å². The van der Waals surface area contributed by atoms with Gasteiger partial charge in [-0.05, 0) is 69.9 Å². The largest absolute Gasteiger partial charge is 0.496 e. The van der Waals surface area contributed by atoms with Crippen LogP contribution in [0.3, 0.4) is 0 Å². The van der Waals surface area contributed by atoms with Crippen LogP contribution in [0.25, 0.3) is 0 Å². The molecular weight excluding hydrogens is 1280 g/mol. The molecule has 5 aromatic carbocycles. The summed E-state index contributed by atoms with van der Waals surface area (Å²) in [7, 11) is 7.10. The number of amides is 2. The molecule has 0 radical (unpaired) electrons. The maximum absolute atomic E-state index is 12.1. The number of anilines is 5. The molecule has 2 amide bonds. The van der Waals surface area contributed by atoms with E-state index in [1.165, 1.54) is 90.1 Å². The Labute approximate surface area is 546 Å². The van der Waals surface area contributed by atoms with Crippen LogP contribution in [0.15, 0.2) is 60.7 Å². The Bertz CT molecular complexity index is 3140. The Morgan fingerprint density at radius 1 is 0.467 bits per heavy atom. The van der Waals surface area contributed by atoms with E-state index >= 15 is 0 Å². The fourth-order valence-corrected chi connectivity index (χ4v) is 8.17. The van der Waals surface area contributed by atoms with Crippen molar-refractivity contribution in [2.45, 2.75) is 53.5 Å². The first-order valence-electron chi connectivity index (χ1n) is 27.2. The molecule has 0 aliphatic heterocycles. The maximum Gasteiger partial charge on any atom is 0.342 e. The number of aliphatic carboxylic acids is 2. The number of nitrogen functional groups attached to an aromatic ring is 5. The Balaban J connectivity index is 0.000000569. The molecular formula is C59H78Cl5N9O17. The van der Waals surface area contributed by atoms with Crippen LogP contribution >= 0.6 is 58.0 Å². The second-order valence-corrected chi connectivity index (χ2v) is 20.2. The number of carboxylic acids is 3. The summed E-state index contributed by atoms with van der Waals surface area (Å²) in [5.41, 5.74) is 30.6. The standard InChI is InChI=1S/C14H22ClN3O2.C14H21ClN2O3.C13H15ClN2O6.C10H12ClNO3.C8H8ClNO3/c1-4-18(5-2)7-6-17-14(19)10-8-11(15)12(16)9-13(10)20-3;1-4-17(5-2)6-7-20-14(18)10-8-11(15)12(16)9-13(10)19-3;1-22-10-5-8(15)7(14)4-6(10)12(19)16-9(13(20)21)2-3-11(17)18;1-3-15-10(13)6-4-7(11)8(12)5-9(6)14-2;1-13-7-3-6(10)5(9)2-4(7)8(11)12/h8-9H,4-7,16H2,1-3H3,(H,17,19);8-9H,4-7,16H2,1-3H3;4-5,9H,2-3,15H2,1H3,(H,16,19)(H,17,18)(H,20,21);4-5H,3,12H2,1-2H3;2-3H,10H2,1H3,(H,11,12)/t;;9-;;/m..0../s1. The molecule has 90 heavy (non-hydrogen) atoms. The number of rotatable bonds is 26. The van der Waals surface area contributed by atoms with Gasteiger partial charge < -0.3 is 97.6 Å². The number of hydrogen-bond donors (Lipinski definition) is 10. The molecule has 31 heteroatoms. The van der Waals surface area contributed by atoms with Gasteiger partial charge in [-0.25, -0.2) is 19.2 Å². The summed E-state index contributed by atoms with van der Waals surface area (Å²) in [6.45, 7) is 16.5. The summed E-state index contributed by atoms with van der Waals surface area (Å²) >= 11 is 29.1. The fraction of sp³-hybridized carbons (Fsp3) is 0.373. The molecule has 0 aliphatic rings. The summed E-state index contributed by atoms with van der Waals surface area (Å²) in [5, 5.41) is 32.7.